The van der Waals surface area contributed by atoms with E-state index in [1.54, 1.807) is 6.08 Å². The zero-order chi connectivity index (χ0) is 12.3. The van der Waals surface area contributed by atoms with Crippen LogP contribution in [-0.2, 0) is 4.79 Å². The highest BCUT2D eigenvalue weighted by Gasteiger charge is 2.43. The molecule has 1 N–H and O–H groups in total. The summed E-state index contributed by atoms with van der Waals surface area (Å²) >= 11 is 0. The summed E-state index contributed by atoms with van der Waals surface area (Å²) in [5.41, 5.74) is 0. The van der Waals surface area contributed by atoms with Crippen molar-refractivity contribution in [2.75, 3.05) is 6.54 Å². The van der Waals surface area contributed by atoms with Gasteiger partial charge in [-0.25, -0.2) is 0 Å². The summed E-state index contributed by atoms with van der Waals surface area (Å²) in [4.78, 5) is 12.1. The number of hydrogen-bond acceptors (Lipinski definition) is 1. The average Bonchev–Trinajstić information content (AvgIpc) is 2.52. The maximum atomic E-state index is 12.1. The van der Waals surface area contributed by atoms with Crippen LogP contribution in [0.25, 0.3) is 0 Å². The third-order valence-corrected chi connectivity index (χ3v) is 4.15. The van der Waals surface area contributed by atoms with Crippen LogP contribution in [0.2, 0.25) is 0 Å². The summed E-state index contributed by atoms with van der Waals surface area (Å²) in [6.45, 7) is 13.1. The van der Waals surface area contributed by atoms with Gasteiger partial charge in [-0.05, 0) is 30.1 Å². The summed E-state index contributed by atoms with van der Waals surface area (Å²) in [6.07, 6.45) is 2.93. The van der Waals surface area contributed by atoms with E-state index in [2.05, 4.69) is 39.6 Å². The van der Waals surface area contributed by atoms with Gasteiger partial charge in [-0.1, -0.05) is 33.8 Å². The Morgan fingerprint density at radius 2 is 2.19 bits per heavy atom. The van der Waals surface area contributed by atoms with E-state index in [9.17, 15) is 4.79 Å². The molecule has 0 radical (unpaired) electrons. The summed E-state index contributed by atoms with van der Waals surface area (Å²) in [6, 6.07) is 0. The molecule has 1 unspecified atom stereocenters. The Kier molecular flexibility index (Phi) is 4.57. The van der Waals surface area contributed by atoms with Crippen LogP contribution in [0.5, 0.6) is 0 Å². The van der Waals surface area contributed by atoms with Crippen molar-refractivity contribution in [3.05, 3.63) is 12.7 Å². The monoisotopic (exact) mass is 227 g/mol. The fourth-order valence-electron chi connectivity index (χ4n) is 2.95. The summed E-state index contributed by atoms with van der Waals surface area (Å²) in [5.74, 6) is 2.69. The van der Waals surface area contributed by atoms with Crippen molar-refractivity contribution in [1.82, 2.24) is 5.32 Å². The molecule has 2 heteroatoms. The highest BCUT2D eigenvalue weighted by atomic mass is 16.1. The molecule has 96 valence electrons. The molecule has 0 aromatic carbocycles. The highest BCUT2D eigenvalue weighted by Crippen LogP contribution is 2.44. The predicted octanol–water partition coefficient (Wildman–Crippen LogP) is 3.34. The van der Waals surface area contributed by atoms with Gasteiger partial charge in [0.25, 0.3) is 0 Å². The van der Waals surface area contributed by atoms with Gasteiger partial charge in [0.1, 0.15) is 0 Å². The molecule has 0 heterocycles. The smallest absolute Gasteiger partial charge is 0.223 e. The van der Waals surface area contributed by atoms with Crippen LogP contribution in [0, 0.1) is 29.6 Å². The van der Waals surface area contributed by atoms with Crippen LogP contribution in [-0.4, -0.2) is 12.5 Å². The largest absolute Gasteiger partial charge is 0.352 e. The molecular weight excluding hydrogens is 198 g/mol. The Hall–Kier alpha value is -0.790. The molecule has 0 aromatic heterocycles. The SMILES string of the molecule is C=CCNC(=O)[C@@H]1[C@@H](C(C)C)CC(C)[C@@H]1C.[HH].[HH]. The van der Waals surface area contributed by atoms with Gasteiger partial charge in [-0.2, -0.15) is 0 Å². The van der Waals surface area contributed by atoms with Crippen molar-refractivity contribution in [3.8, 4) is 0 Å². The number of nitrogens with one attached hydrogen (secondary N) is 1. The zero-order valence-corrected chi connectivity index (χ0v) is 11.0. The van der Waals surface area contributed by atoms with Crippen molar-refractivity contribution < 1.29 is 7.65 Å². The van der Waals surface area contributed by atoms with E-state index in [0.717, 1.165) is 0 Å². The van der Waals surface area contributed by atoms with E-state index in [0.29, 0.717) is 30.2 Å². The number of rotatable bonds is 4. The normalized spacial score (nSPS) is 34.1. The zero-order valence-electron chi connectivity index (χ0n) is 11.0. The fourth-order valence-corrected chi connectivity index (χ4v) is 2.95. The van der Waals surface area contributed by atoms with Gasteiger partial charge in [0.2, 0.25) is 5.91 Å². The molecule has 0 bridgehead atoms. The molecule has 0 spiro atoms. The first-order valence-corrected chi connectivity index (χ1v) is 6.37. The third kappa shape index (κ3) is 2.66. The first-order chi connectivity index (χ1) is 7.49. The Balaban J connectivity index is 0. The van der Waals surface area contributed by atoms with Crippen LogP contribution >= 0.6 is 0 Å². The van der Waals surface area contributed by atoms with E-state index in [4.69, 9.17) is 0 Å². The lowest BCUT2D eigenvalue weighted by atomic mass is 9.82. The Morgan fingerprint density at radius 1 is 1.56 bits per heavy atom. The van der Waals surface area contributed by atoms with E-state index in [1.165, 1.54) is 6.42 Å². The van der Waals surface area contributed by atoms with Crippen molar-refractivity contribution in [2.45, 2.75) is 34.1 Å². The second kappa shape index (κ2) is 5.51. The van der Waals surface area contributed by atoms with Crippen molar-refractivity contribution in [3.63, 3.8) is 0 Å². The molecule has 16 heavy (non-hydrogen) atoms. The number of amides is 1. The summed E-state index contributed by atoms with van der Waals surface area (Å²) in [7, 11) is 0. The molecular formula is C14H29NO. The quantitative estimate of drug-likeness (QED) is 0.733. The van der Waals surface area contributed by atoms with Crippen LogP contribution in [0.3, 0.4) is 0 Å². The first kappa shape index (κ1) is 13.3. The molecule has 0 aliphatic heterocycles. The first-order valence-electron chi connectivity index (χ1n) is 6.37. The maximum absolute atomic E-state index is 12.1. The van der Waals surface area contributed by atoms with Gasteiger partial charge in [0.15, 0.2) is 0 Å². The lowest BCUT2D eigenvalue weighted by Crippen LogP contribution is -2.37. The van der Waals surface area contributed by atoms with Crippen LogP contribution in [0.4, 0.5) is 0 Å². The number of carbonyl (C=O) groups excluding carboxylic acids is 1. The molecule has 1 saturated carbocycles. The van der Waals surface area contributed by atoms with Gasteiger partial charge in [0, 0.05) is 15.3 Å². The molecule has 0 saturated heterocycles. The number of hydrogen-bond donors (Lipinski definition) is 1. The highest BCUT2D eigenvalue weighted by molar-refractivity contribution is 5.79. The van der Waals surface area contributed by atoms with Gasteiger partial charge in [-0.3, -0.25) is 4.79 Å². The minimum absolute atomic E-state index is 0. The van der Waals surface area contributed by atoms with E-state index in [1.807, 2.05) is 0 Å². The molecule has 1 fully saturated rings. The molecule has 1 aliphatic carbocycles. The third-order valence-electron chi connectivity index (χ3n) is 4.15. The topological polar surface area (TPSA) is 29.1 Å². The average molecular weight is 227 g/mol. The Labute approximate surface area is 102 Å². The van der Waals surface area contributed by atoms with E-state index in [-0.39, 0.29) is 14.7 Å². The van der Waals surface area contributed by atoms with Gasteiger partial charge in [0.05, 0.1) is 0 Å². The molecule has 1 rings (SSSR count). The van der Waals surface area contributed by atoms with Crippen molar-refractivity contribution >= 4 is 5.91 Å². The number of carbonyl (C=O) groups is 1. The Morgan fingerprint density at radius 3 is 2.69 bits per heavy atom. The lowest BCUT2D eigenvalue weighted by Gasteiger charge is -2.24. The van der Waals surface area contributed by atoms with Crippen LogP contribution < -0.4 is 5.32 Å². The Bertz CT molecular complexity index is 269. The lowest BCUT2D eigenvalue weighted by molar-refractivity contribution is -0.127. The standard InChI is InChI=1S/C14H25NO.2H2/c1-6-7-15-14(16)13-11(5)10(4)8-12(13)9(2)3;;/h6,9-13H,1,7-8H2,2-5H3,(H,15,16);2*1H/t10?,11-,12+,13-;;/m0../s1. The molecule has 0 aromatic rings. The van der Waals surface area contributed by atoms with Gasteiger partial charge >= 0.3 is 0 Å². The summed E-state index contributed by atoms with van der Waals surface area (Å²) < 4.78 is 0. The van der Waals surface area contributed by atoms with Gasteiger partial charge in [-0.15, -0.1) is 6.58 Å². The van der Waals surface area contributed by atoms with Crippen molar-refractivity contribution in [1.29, 1.82) is 0 Å². The maximum Gasteiger partial charge on any atom is 0.223 e. The second-order valence-electron chi connectivity index (χ2n) is 5.54. The van der Waals surface area contributed by atoms with Crippen LogP contribution in [0.1, 0.15) is 37.0 Å². The minimum Gasteiger partial charge on any atom is -0.352 e. The van der Waals surface area contributed by atoms with E-state index >= 15 is 0 Å². The molecule has 1 amide bonds. The minimum atomic E-state index is 0. The fraction of sp³-hybridized carbons (Fsp3) is 0.786. The van der Waals surface area contributed by atoms with Crippen molar-refractivity contribution in [2.24, 2.45) is 29.6 Å². The second-order valence-corrected chi connectivity index (χ2v) is 5.54. The predicted molar refractivity (Wildman–Crippen MR) is 72.2 cm³/mol. The molecule has 4 atom stereocenters. The summed E-state index contributed by atoms with van der Waals surface area (Å²) in [5, 5.41) is 2.95. The van der Waals surface area contributed by atoms with E-state index < -0.39 is 0 Å². The van der Waals surface area contributed by atoms with Gasteiger partial charge < -0.3 is 5.32 Å². The van der Waals surface area contributed by atoms with Crippen LogP contribution in [0.15, 0.2) is 12.7 Å². The molecule has 1 aliphatic rings. The molecule has 2 nitrogen and oxygen atoms in total.